The van der Waals surface area contributed by atoms with Gasteiger partial charge in [0.1, 0.15) is 5.01 Å². The molecule has 0 saturated carbocycles. The number of carbonyl (C=O) groups is 2. The molecular formula is C19H17FN2O4S. The molecule has 3 rings (SSSR count). The molecule has 0 atom stereocenters. The summed E-state index contributed by atoms with van der Waals surface area (Å²) in [5, 5.41) is 0.788. The van der Waals surface area contributed by atoms with Crippen LogP contribution >= 0.6 is 11.3 Å². The number of methoxy groups -OCH3 is 1. The number of fused-ring (bicyclic) bond motifs is 1. The van der Waals surface area contributed by atoms with E-state index in [0.717, 1.165) is 21.3 Å². The van der Waals surface area contributed by atoms with Crippen LogP contribution in [0.15, 0.2) is 42.5 Å². The van der Waals surface area contributed by atoms with Gasteiger partial charge in [0.05, 0.1) is 29.4 Å². The Bertz CT molecular complexity index is 956. The van der Waals surface area contributed by atoms with Gasteiger partial charge in [0.25, 0.3) is 5.91 Å². The molecule has 1 heterocycles. The summed E-state index contributed by atoms with van der Waals surface area (Å²) < 4.78 is 24.5. The van der Waals surface area contributed by atoms with E-state index in [4.69, 9.17) is 9.47 Å². The van der Waals surface area contributed by atoms with Crippen molar-refractivity contribution in [3.05, 3.63) is 58.9 Å². The normalized spacial score (nSPS) is 10.6. The van der Waals surface area contributed by atoms with Gasteiger partial charge in [0, 0.05) is 7.05 Å². The van der Waals surface area contributed by atoms with Gasteiger partial charge in [0.2, 0.25) is 0 Å². The van der Waals surface area contributed by atoms with Crippen molar-refractivity contribution in [3.8, 4) is 5.75 Å². The summed E-state index contributed by atoms with van der Waals surface area (Å²) in [5.41, 5.74) is 0.890. The number of amides is 1. The molecule has 0 spiro atoms. The molecule has 2 aromatic carbocycles. The van der Waals surface area contributed by atoms with E-state index in [9.17, 15) is 14.0 Å². The molecule has 140 valence electrons. The fraction of sp³-hybridized carbons (Fsp3) is 0.211. The van der Waals surface area contributed by atoms with E-state index in [-0.39, 0.29) is 17.2 Å². The van der Waals surface area contributed by atoms with Crippen LogP contribution in [0.4, 0.5) is 4.39 Å². The number of ether oxygens (including phenoxy) is 2. The van der Waals surface area contributed by atoms with E-state index in [1.54, 1.807) is 7.05 Å². The molecule has 1 amide bonds. The maximum absolute atomic E-state index is 13.7. The summed E-state index contributed by atoms with van der Waals surface area (Å²) in [7, 11) is 2.94. The molecule has 0 N–H and O–H groups in total. The van der Waals surface area contributed by atoms with Crippen molar-refractivity contribution in [2.45, 2.75) is 6.54 Å². The van der Waals surface area contributed by atoms with Gasteiger partial charge in [-0.1, -0.05) is 12.1 Å². The van der Waals surface area contributed by atoms with Crippen molar-refractivity contribution in [1.29, 1.82) is 0 Å². The van der Waals surface area contributed by atoms with Crippen molar-refractivity contribution in [3.63, 3.8) is 0 Å². The Labute approximate surface area is 159 Å². The second-order valence-electron chi connectivity index (χ2n) is 5.75. The zero-order valence-corrected chi connectivity index (χ0v) is 15.6. The minimum atomic E-state index is -0.779. The Morgan fingerprint density at radius 1 is 1.22 bits per heavy atom. The van der Waals surface area contributed by atoms with E-state index in [2.05, 4.69) is 4.98 Å². The zero-order valence-electron chi connectivity index (χ0n) is 14.8. The summed E-state index contributed by atoms with van der Waals surface area (Å²) >= 11 is 1.50. The third-order valence-electron chi connectivity index (χ3n) is 3.85. The van der Waals surface area contributed by atoms with E-state index < -0.39 is 18.4 Å². The maximum Gasteiger partial charge on any atom is 0.338 e. The average Bonchev–Trinajstić information content (AvgIpc) is 3.07. The Morgan fingerprint density at radius 3 is 2.70 bits per heavy atom. The van der Waals surface area contributed by atoms with Crippen LogP contribution < -0.4 is 4.74 Å². The second kappa shape index (κ2) is 8.13. The number of para-hydroxylation sites is 1. The summed E-state index contributed by atoms with van der Waals surface area (Å²) in [6.45, 7) is -0.124. The minimum absolute atomic E-state index is 0.00919. The summed E-state index contributed by atoms with van der Waals surface area (Å²) in [4.78, 5) is 30.1. The second-order valence-corrected chi connectivity index (χ2v) is 6.87. The molecule has 0 saturated heterocycles. The third kappa shape index (κ3) is 4.40. The van der Waals surface area contributed by atoms with E-state index in [1.165, 1.54) is 35.5 Å². The highest BCUT2D eigenvalue weighted by molar-refractivity contribution is 7.18. The predicted molar refractivity (Wildman–Crippen MR) is 99.3 cm³/mol. The summed E-state index contributed by atoms with van der Waals surface area (Å²) in [5.74, 6) is -1.81. The lowest BCUT2D eigenvalue weighted by Gasteiger charge is -2.15. The summed E-state index contributed by atoms with van der Waals surface area (Å²) in [6, 6.07) is 11.4. The van der Waals surface area contributed by atoms with Crippen LogP contribution in [0.2, 0.25) is 0 Å². The van der Waals surface area contributed by atoms with E-state index >= 15 is 0 Å². The van der Waals surface area contributed by atoms with Gasteiger partial charge in [-0.15, -0.1) is 11.3 Å². The highest BCUT2D eigenvalue weighted by Gasteiger charge is 2.16. The van der Waals surface area contributed by atoms with Crippen LogP contribution in [0.5, 0.6) is 5.75 Å². The first-order valence-corrected chi connectivity index (χ1v) is 8.88. The number of carbonyl (C=O) groups excluding carboxylic acids is 2. The maximum atomic E-state index is 13.7. The largest absolute Gasteiger partial charge is 0.494 e. The van der Waals surface area contributed by atoms with Gasteiger partial charge in [-0.3, -0.25) is 4.79 Å². The van der Waals surface area contributed by atoms with Crippen LogP contribution in [0.1, 0.15) is 15.4 Å². The van der Waals surface area contributed by atoms with Gasteiger partial charge in [0.15, 0.2) is 18.2 Å². The number of thiazole rings is 1. The lowest BCUT2D eigenvalue weighted by molar-refractivity contribution is -0.133. The first-order valence-electron chi connectivity index (χ1n) is 8.07. The highest BCUT2D eigenvalue weighted by Crippen LogP contribution is 2.22. The molecule has 0 aliphatic carbocycles. The van der Waals surface area contributed by atoms with Crippen LogP contribution in [0.3, 0.4) is 0 Å². The molecular weight excluding hydrogens is 371 g/mol. The molecule has 0 aliphatic rings. The monoisotopic (exact) mass is 388 g/mol. The number of hydrogen-bond donors (Lipinski definition) is 0. The number of aromatic nitrogens is 1. The zero-order chi connectivity index (χ0) is 19.4. The minimum Gasteiger partial charge on any atom is -0.494 e. The van der Waals surface area contributed by atoms with Gasteiger partial charge in [-0.05, 0) is 30.3 Å². The fourth-order valence-corrected chi connectivity index (χ4v) is 3.41. The van der Waals surface area contributed by atoms with Crippen molar-refractivity contribution in [2.75, 3.05) is 20.8 Å². The van der Waals surface area contributed by atoms with Gasteiger partial charge in [-0.25, -0.2) is 14.2 Å². The first kappa shape index (κ1) is 18.8. The smallest absolute Gasteiger partial charge is 0.338 e. The Hall–Kier alpha value is -3.00. The number of benzene rings is 2. The number of esters is 1. The average molecular weight is 388 g/mol. The summed E-state index contributed by atoms with van der Waals surface area (Å²) in [6.07, 6.45) is 0. The molecule has 6 nitrogen and oxygen atoms in total. The molecule has 0 aliphatic heterocycles. The number of rotatable bonds is 6. The van der Waals surface area contributed by atoms with Gasteiger partial charge >= 0.3 is 5.97 Å². The molecule has 0 radical (unpaired) electrons. The van der Waals surface area contributed by atoms with Crippen molar-refractivity contribution >= 4 is 33.4 Å². The van der Waals surface area contributed by atoms with E-state index in [0.29, 0.717) is 6.54 Å². The highest BCUT2D eigenvalue weighted by atomic mass is 32.1. The van der Waals surface area contributed by atoms with Gasteiger partial charge < -0.3 is 14.4 Å². The topological polar surface area (TPSA) is 68.7 Å². The van der Waals surface area contributed by atoms with Crippen LogP contribution in [0.25, 0.3) is 10.2 Å². The molecule has 0 fully saturated rings. The number of halogens is 1. The standard InChI is InChI=1S/C19H17FN2O4S/c1-22(10-17-21-14-5-3-4-6-16(14)27-17)18(23)11-26-19(24)12-7-8-15(25-2)13(20)9-12/h3-9H,10-11H2,1-2H3. The Balaban J connectivity index is 1.56. The molecule has 0 unspecified atom stereocenters. The van der Waals surface area contributed by atoms with Crippen molar-refractivity contribution in [2.24, 2.45) is 0 Å². The number of likely N-dealkylation sites (N-methyl/N-ethyl adjacent to an activating group) is 1. The van der Waals surface area contributed by atoms with Crippen molar-refractivity contribution in [1.82, 2.24) is 9.88 Å². The number of hydrogen-bond acceptors (Lipinski definition) is 6. The molecule has 8 heteroatoms. The Kier molecular flexibility index (Phi) is 5.66. The molecule has 3 aromatic rings. The predicted octanol–water partition coefficient (Wildman–Crippen LogP) is 3.26. The van der Waals surface area contributed by atoms with E-state index in [1.807, 2.05) is 24.3 Å². The van der Waals surface area contributed by atoms with Gasteiger partial charge in [-0.2, -0.15) is 0 Å². The Morgan fingerprint density at radius 2 is 2.00 bits per heavy atom. The van der Waals surface area contributed by atoms with Crippen LogP contribution in [-0.4, -0.2) is 42.5 Å². The molecule has 27 heavy (non-hydrogen) atoms. The third-order valence-corrected chi connectivity index (χ3v) is 4.87. The molecule has 0 bridgehead atoms. The first-order chi connectivity index (χ1) is 13.0. The van der Waals surface area contributed by atoms with Crippen LogP contribution in [-0.2, 0) is 16.1 Å². The molecule has 1 aromatic heterocycles. The quantitative estimate of drug-likeness (QED) is 0.607. The lowest BCUT2D eigenvalue weighted by Crippen LogP contribution is -2.30. The SMILES string of the molecule is COc1ccc(C(=O)OCC(=O)N(C)Cc2nc3ccccc3s2)cc1F. The number of nitrogens with zero attached hydrogens (tertiary/aromatic N) is 2. The fourth-order valence-electron chi connectivity index (χ4n) is 2.39. The van der Waals surface area contributed by atoms with Crippen molar-refractivity contribution < 1.29 is 23.5 Å². The van der Waals surface area contributed by atoms with Crippen LogP contribution in [0, 0.1) is 5.82 Å². The lowest BCUT2D eigenvalue weighted by atomic mass is 10.2.